The zero-order valence-electron chi connectivity index (χ0n) is 17.2. The number of nitrogens with one attached hydrogen (secondary N) is 2. The number of fused-ring (bicyclic) bond motifs is 1. The van der Waals surface area contributed by atoms with Gasteiger partial charge in [0.05, 0.1) is 10.6 Å². The van der Waals surface area contributed by atoms with Crippen molar-refractivity contribution in [2.75, 3.05) is 31.5 Å². The fraction of sp³-hybridized carbons (Fsp3) is 0.304. The number of thioether (sulfide) groups is 1. The minimum absolute atomic E-state index is 0.163. The van der Waals surface area contributed by atoms with E-state index in [2.05, 4.69) is 29.4 Å². The van der Waals surface area contributed by atoms with Crippen molar-refractivity contribution in [3.63, 3.8) is 0 Å². The summed E-state index contributed by atoms with van der Waals surface area (Å²) in [7, 11) is 0. The SMILES string of the molecule is CCN(CC)CCCNC(=O)c1ccc2c(c1)NC(=O)C(=Cc1ccccc1F)S2. The molecule has 0 bridgehead atoms. The minimum atomic E-state index is -0.378. The van der Waals surface area contributed by atoms with Gasteiger partial charge < -0.3 is 15.5 Å². The third kappa shape index (κ3) is 5.49. The topological polar surface area (TPSA) is 61.4 Å². The van der Waals surface area contributed by atoms with Crippen LogP contribution in [0, 0.1) is 5.82 Å². The minimum Gasteiger partial charge on any atom is -0.352 e. The number of rotatable bonds is 8. The Balaban J connectivity index is 1.64. The number of carbonyl (C=O) groups is 2. The molecule has 0 aliphatic carbocycles. The van der Waals surface area contributed by atoms with Crippen LogP contribution in [0.3, 0.4) is 0 Å². The number of benzene rings is 2. The van der Waals surface area contributed by atoms with E-state index in [1.807, 2.05) is 0 Å². The van der Waals surface area contributed by atoms with Crippen molar-refractivity contribution in [2.45, 2.75) is 25.2 Å². The zero-order valence-corrected chi connectivity index (χ0v) is 18.0. The average molecular weight is 428 g/mol. The highest BCUT2D eigenvalue weighted by Gasteiger charge is 2.22. The number of hydrogen-bond donors (Lipinski definition) is 2. The smallest absolute Gasteiger partial charge is 0.262 e. The van der Waals surface area contributed by atoms with Gasteiger partial charge in [0.1, 0.15) is 5.82 Å². The molecule has 2 N–H and O–H groups in total. The summed E-state index contributed by atoms with van der Waals surface area (Å²) < 4.78 is 13.9. The zero-order chi connectivity index (χ0) is 21.5. The predicted molar refractivity (Wildman–Crippen MR) is 120 cm³/mol. The second kappa shape index (κ2) is 10.4. The molecule has 0 radical (unpaired) electrons. The van der Waals surface area contributed by atoms with Crippen LogP contribution in [0.4, 0.5) is 10.1 Å². The molecule has 1 aliphatic heterocycles. The molecule has 7 heteroatoms. The molecule has 1 heterocycles. The summed E-state index contributed by atoms with van der Waals surface area (Å²) in [6.45, 7) is 7.79. The average Bonchev–Trinajstić information content (AvgIpc) is 2.75. The van der Waals surface area contributed by atoms with Gasteiger partial charge in [0.2, 0.25) is 0 Å². The van der Waals surface area contributed by atoms with Crippen molar-refractivity contribution in [1.29, 1.82) is 0 Å². The Morgan fingerprint density at radius 1 is 1.20 bits per heavy atom. The molecular weight excluding hydrogens is 401 g/mol. The van der Waals surface area contributed by atoms with Crippen LogP contribution in [0.2, 0.25) is 0 Å². The maximum atomic E-state index is 13.9. The molecule has 30 heavy (non-hydrogen) atoms. The Morgan fingerprint density at radius 2 is 1.97 bits per heavy atom. The quantitative estimate of drug-likeness (QED) is 0.485. The van der Waals surface area contributed by atoms with E-state index in [0.29, 0.717) is 28.3 Å². The second-order valence-electron chi connectivity index (χ2n) is 6.93. The lowest BCUT2D eigenvalue weighted by Crippen LogP contribution is -2.30. The molecule has 0 saturated heterocycles. The molecule has 0 spiro atoms. The van der Waals surface area contributed by atoms with Crippen LogP contribution >= 0.6 is 11.8 Å². The molecule has 0 atom stereocenters. The summed E-state index contributed by atoms with van der Waals surface area (Å²) >= 11 is 1.26. The van der Waals surface area contributed by atoms with E-state index in [-0.39, 0.29) is 17.6 Å². The van der Waals surface area contributed by atoms with E-state index in [1.165, 1.54) is 23.9 Å². The molecule has 0 saturated carbocycles. The summed E-state index contributed by atoms with van der Waals surface area (Å²) in [6, 6.07) is 11.5. The predicted octanol–water partition coefficient (Wildman–Crippen LogP) is 4.37. The Kier molecular flexibility index (Phi) is 7.65. The van der Waals surface area contributed by atoms with Gasteiger partial charge in [0, 0.05) is 22.6 Å². The van der Waals surface area contributed by atoms with Crippen LogP contribution < -0.4 is 10.6 Å². The van der Waals surface area contributed by atoms with Gasteiger partial charge in [0.15, 0.2) is 0 Å². The highest BCUT2D eigenvalue weighted by Crippen LogP contribution is 2.39. The van der Waals surface area contributed by atoms with Crippen LogP contribution in [-0.4, -0.2) is 42.9 Å². The number of halogens is 1. The molecule has 3 rings (SSSR count). The molecule has 2 aromatic rings. The van der Waals surface area contributed by atoms with Gasteiger partial charge in [-0.1, -0.05) is 43.8 Å². The maximum Gasteiger partial charge on any atom is 0.262 e. The van der Waals surface area contributed by atoms with E-state index in [1.54, 1.807) is 36.4 Å². The number of carbonyl (C=O) groups excluding carboxylic acids is 2. The number of nitrogens with zero attached hydrogens (tertiary/aromatic N) is 1. The van der Waals surface area contributed by atoms with Gasteiger partial charge in [-0.25, -0.2) is 4.39 Å². The van der Waals surface area contributed by atoms with Crippen LogP contribution in [-0.2, 0) is 4.79 Å². The van der Waals surface area contributed by atoms with Gasteiger partial charge >= 0.3 is 0 Å². The highest BCUT2D eigenvalue weighted by molar-refractivity contribution is 8.04. The fourth-order valence-corrected chi connectivity index (χ4v) is 4.10. The van der Waals surface area contributed by atoms with E-state index in [9.17, 15) is 14.0 Å². The summed E-state index contributed by atoms with van der Waals surface area (Å²) in [6.07, 6.45) is 2.42. The lowest BCUT2D eigenvalue weighted by Gasteiger charge is -2.20. The molecule has 0 unspecified atom stereocenters. The highest BCUT2D eigenvalue weighted by atomic mass is 32.2. The third-order valence-electron chi connectivity index (χ3n) is 4.96. The van der Waals surface area contributed by atoms with Crippen molar-refractivity contribution >= 4 is 35.3 Å². The first-order valence-electron chi connectivity index (χ1n) is 10.1. The number of anilines is 1. The normalized spacial score (nSPS) is 14.5. The second-order valence-corrected chi connectivity index (χ2v) is 8.02. The Morgan fingerprint density at radius 3 is 2.70 bits per heavy atom. The Hall–Kier alpha value is -2.64. The molecule has 0 aromatic heterocycles. The van der Waals surface area contributed by atoms with Gasteiger partial charge in [-0.15, -0.1) is 0 Å². The molecule has 0 fully saturated rings. The van der Waals surface area contributed by atoms with Crippen molar-refractivity contribution in [3.05, 3.63) is 64.3 Å². The molecule has 2 aromatic carbocycles. The van der Waals surface area contributed by atoms with Crippen molar-refractivity contribution in [2.24, 2.45) is 0 Å². The fourth-order valence-electron chi connectivity index (χ4n) is 3.18. The molecule has 2 amide bonds. The largest absolute Gasteiger partial charge is 0.352 e. The monoisotopic (exact) mass is 427 g/mol. The summed E-state index contributed by atoms with van der Waals surface area (Å²) in [5.41, 5.74) is 1.45. The van der Waals surface area contributed by atoms with Crippen molar-refractivity contribution in [1.82, 2.24) is 10.2 Å². The van der Waals surface area contributed by atoms with Crippen LogP contribution in [0.15, 0.2) is 52.3 Å². The van der Waals surface area contributed by atoms with Crippen molar-refractivity contribution in [3.8, 4) is 0 Å². The van der Waals surface area contributed by atoms with Gasteiger partial charge in [-0.2, -0.15) is 0 Å². The summed E-state index contributed by atoms with van der Waals surface area (Å²) in [5, 5.41) is 5.74. The lowest BCUT2D eigenvalue weighted by atomic mass is 10.1. The maximum absolute atomic E-state index is 13.9. The van der Waals surface area contributed by atoms with E-state index < -0.39 is 0 Å². The van der Waals surface area contributed by atoms with Gasteiger partial charge in [-0.3, -0.25) is 9.59 Å². The van der Waals surface area contributed by atoms with E-state index in [0.717, 1.165) is 31.0 Å². The third-order valence-corrected chi connectivity index (χ3v) is 6.06. The Labute approximate surface area is 180 Å². The Bertz CT molecular complexity index is 957. The van der Waals surface area contributed by atoms with E-state index in [4.69, 9.17) is 0 Å². The molecule has 5 nitrogen and oxygen atoms in total. The molecular formula is C23H26FN3O2S. The molecule has 158 valence electrons. The lowest BCUT2D eigenvalue weighted by molar-refractivity contribution is -0.112. The van der Waals surface area contributed by atoms with Crippen LogP contribution in [0.25, 0.3) is 6.08 Å². The van der Waals surface area contributed by atoms with Gasteiger partial charge in [0.25, 0.3) is 11.8 Å². The first-order chi connectivity index (χ1) is 14.5. The standard InChI is InChI=1S/C23H26FN3O2S/c1-3-27(4-2)13-7-12-25-22(28)17-10-11-20-19(14-17)26-23(29)21(30-20)15-16-8-5-6-9-18(16)24/h5-6,8-11,14-15H,3-4,7,12-13H2,1-2H3,(H,25,28)(H,26,29). The summed E-state index contributed by atoms with van der Waals surface area (Å²) in [5.74, 6) is -0.853. The van der Waals surface area contributed by atoms with Crippen LogP contribution in [0.1, 0.15) is 36.2 Å². The molecule has 1 aliphatic rings. The number of hydrogen-bond acceptors (Lipinski definition) is 4. The summed E-state index contributed by atoms with van der Waals surface area (Å²) in [4.78, 5) is 28.4. The van der Waals surface area contributed by atoms with Gasteiger partial charge in [-0.05, 0) is 56.4 Å². The first kappa shape index (κ1) is 22.1. The number of amides is 2. The van der Waals surface area contributed by atoms with Crippen LogP contribution in [0.5, 0.6) is 0 Å². The van der Waals surface area contributed by atoms with E-state index >= 15 is 0 Å². The first-order valence-corrected chi connectivity index (χ1v) is 10.9. The van der Waals surface area contributed by atoms with Crippen molar-refractivity contribution < 1.29 is 14.0 Å².